The van der Waals surface area contributed by atoms with Crippen molar-refractivity contribution in [1.82, 2.24) is 14.7 Å². The Kier molecular flexibility index (Phi) is 6.24. The molecule has 4 amide bonds. The number of nitrogens with zero attached hydrogens (tertiary/aromatic N) is 3. The van der Waals surface area contributed by atoms with Crippen LogP contribution in [0.1, 0.15) is 18.4 Å². The number of imide groups is 1. The van der Waals surface area contributed by atoms with Gasteiger partial charge in [-0.3, -0.25) is 14.5 Å². The normalized spacial score (nSPS) is 18.8. The van der Waals surface area contributed by atoms with Crippen molar-refractivity contribution in [1.29, 1.82) is 0 Å². The molecule has 0 N–H and O–H groups in total. The fraction of sp³-hybridized carbons (Fsp3) is 0.450. The van der Waals surface area contributed by atoms with Crippen LogP contribution in [0.25, 0.3) is 6.08 Å². The van der Waals surface area contributed by atoms with Crippen molar-refractivity contribution >= 4 is 23.9 Å². The summed E-state index contributed by atoms with van der Waals surface area (Å²) in [5.74, 6) is -0.204. The quantitative estimate of drug-likeness (QED) is 0.563. The molecule has 0 unspecified atom stereocenters. The second kappa shape index (κ2) is 8.81. The van der Waals surface area contributed by atoms with E-state index >= 15 is 0 Å². The number of rotatable bonds is 6. The van der Waals surface area contributed by atoms with Crippen LogP contribution < -0.4 is 0 Å². The molecule has 27 heavy (non-hydrogen) atoms. The molecule has 2 heterocycles. The van der Waals surface area contributed by atoms with Crippen molar-refractivity contribution in [3.8, 4) is 0 Å². The molecule has 2 saturated heterocycles. The Hall–Kier alpha value is -2.67. The van der Waals surface area contributed by atoms with Gasteiger partial charge in [0.05, 0.1) is 13.2 Å². The fourth-order valence-electron chi connectivity index (χ4n) is 3.48. The van der Waals surface area contributed by atoms with Gasteiger partial charge < -0.3 is 14.5 Å². The molecule has 144 valence electrons. The molecule has 0 saturated carbocycles. The second-order valence-corrected chi connectivity index (χ2v) is 6.75. The first-order chi connectivity index (χ1) is 13.1. The second-order valence-electron chi connectivity index (χ2n) is 6.75. The van der Waals surface area contributed by atoms with E-state index in [0.717, 1.165) is 5.56 Å². The van der Waals surface area contributed by atoms with Gasteiger partial charge in [-0.25, -0.2) is 4.79 Å². The van der Waals surface area contributed by atoms with Crippen LogP contribution >= 0.6 is 0 Å². The molecule has 7 nitrogen and oxygen atoms in total. The van der Waals surface area contributed by atoms with Crippen LogP contribution in [0.15, 0.2) is 36.4 Å². The van der Waals surface area contributed by atoms with E-state index in [-0.39, 0.29) is 37.0 Å². The summed E-state index contributed by atoms with van der Waals surface area (Å²) in [6, 6.07) is 9.44. The predicted octanol–water partition coefficient (Wildman–Crippen LogP) is 1.60. The predicted molar refractivity (Wildman–Crippen MR) is 101 cm³/mol. The number of likely N-dealkylation sites (tertiary alicyclic amines) is 1. The first kappa shape index (κ1) is 19.1. The largest absolute Gasteiger partial charge is 0.383 e. The van der Waals surface area contributed by atoms with Crippen LogP contribution in [0.3, 0.4) is 0 Å². The smallest absolute Gasteiger partial charge is 0.327 e. The summed E-state index contributed by atoms with van der Waals surface area (Å²) in [6.45, 7) is 1.91. The van der Waals surface area contributed by atoms with Gasteiger partial charge in [0.15, 0.2) is 0 Å². The molecule has 2 aliphatic rings. The Labute approximate surface area is 159 Å². The van der Waals surface area contributed by atoms with E-state index in [1.807, 2.05) is 36.4 Å². The van der Waals surface area contributed by atoms with Gasteiger partial charge in [0.2, 0.25) is 11.8 Å². The molecule has 3 rings (SSSR count). The fourth-order valence-corrected chi connectivity index (χ4v) is 3.48. The lowest BCUT2D eigenvalue weighted by Gasteiger charge is -2.35. The summed E-state index contributed by atoms with van der Waals surface area (Å²) >= 11 is 0. The first-order valence-corrected chi connectivity index (χ1v) is 9.22. The molecule has 0 aromatic heterocycles. The molecular weight excluding hydrogens is 346 g/mol. The summed E-state index contributed by atoms with van der Waals surface area (Å²) in [7, 11) is 1.54. The van der Waals surface area contributed by atoms with E-state index in [9.17, 15) is 14.4 Å². The standard InChI is InChI=1S/C20H25N3O4/c1-27-14-13-22-19(25)15-23(20(22)26)17-9-11-21(12-10-17)18(24)8-7-16-5-3-2-4-6-16/h2-8,17H,9-15H2,1H3. The summed E-state index contributed by atoms with van der Waals surface area (Å²) in [5.41, 5.74) is 0.984. The van der Waals surface area contributed by atoms with Crippen molar-refractivity contribution in [3.05, 3.63) is 42.0 Å². The van der Waals surface area contributed by atoms with Crippen LogP contribution in [0.2, 0.25) is 0 Å². The molecule has 0 radical (unpaired) electrons. The maximum atomic E-state index is 12.5. The van der Waals surface area contributed by atoms with Crippen molar-refractivity contribution in [2.45, 2.75) is 18.9 Å². The van der Waals surface area contributed by atoms with E-state index in [2.05, 4.69) is 0 Å². The highest BCUT2D eigenvalue weighted by molar-refractivity contribution is 6.02. The van der Waals surface area contributed by atoms with Gasteiger partial charge in [0.25, 0.3) is 0 Å². The van der Waals surface area contributed by atoms with Crippen molar-refractivity contribution < 1.29 is 19.1 Å². The molecule has 2 aliphatic heterocycles. The summed E-state index contributed by atoms with van der Waals surface area (Å²) in [5, 5.41) is 0. The van der Waals surface area contributed by atoms with Gasteiger partial charge in [0, 0.05) is 32.3 Å². The number of hydrogen-bond donors (Lipinski definition) is 0. The maximum Gasteiger partial charge on any atom is 0.327 e. The zero-order chi connectivity index (χ0) is 19.2. The van der Waals surface area contributed by atoms with E-state index in [0.29, 0.717) is 32.5 Å². The van der Waals surface area contributed by atoms with Gasteiger partial charge in [-0.05, 0) is 24.5 Å². The Morgan fingerprint density at radius 1 is 1.19 bits per heavy atom. The molecule has 0 aliphatic carbocycles. The van der Waals surface area contributed by atoms with E-state index < -0.39 is 0 Å². The van der Waals surface area contributed by atoms with Gasteiger partial charge in [-0.15, -0.1) is 0 Å². The Morgan fingerprint density at radius 2 is 1.89 bits per heavy atom. The minimum Gasteiger partial charge on any atom is -0.383 e. The highest BCUT2D eigenvalue weighted by Gasteiger charge is 2.40. The number of carbonyl (C=O) groups excluding carboxylic acids is 3. The first-order valence-electron chi connectivity index (χ1n) is 9.22. The minimum absolute atomic E-state index is 0.00357. The van der Waals surface area contributed by atoms with Crippen LogP contribution in [-0.4, -0.2) is 78.5 Å². The summed E-state index contributed by atoms with van der Waals surface area (Å²) in [6.07, 6.45) is 4.77. The van der Waals surface area contributed by atoms with Crippen molar-refractivity contribution in [3.63, 3.8) is 0 Å². The van der Waals surface area contributed by atoms with Crippen molar-refractivity contribution in [2.75, 3.05) is 39.9 Å². The lowest BCUT2D eigenvalue weighted by atomic mass is 10.0. The zero-order valence-electron chi connectivity index (χ0n) is 15.5. The Balaban J connectivity index is 1.51. The third-order valence-electron chi connectivity index (χ3n) is 5.04. The lowest BCUT2D eigenvalue weighted by Crippen LogP contribution is -2.47. The number of methoxy groups -OCH3 is 1. The van der Waals surface area contributed by atoms with Crippen LogP contribution in [0.5, 0.6) is 0 Å². The lowest BCUT2D eigenvalue weighted by molar-refractivity contribution is -0.128. The molecular formula is C20H25N3O4. The highest BCUT2D eigenvalue weighted by atomic mass is 16.5. The molecule has 1 aromatic carbocycles. The number of urea groups is 1. The van der Waals surface area contributed by atoms with Gasteiger partial charge in [-0.1, -0.05) is 30.3 Å². The third-order valence-corrected chi connectivity index (χ3v) is 5.04. The minimum atomic E-state index is -0.245. The molecule has 0 atom stereocenters. The van der Waals surface area contributed by atoms with Crippen LogP contribution in [-0.2, 0) is 14.3 Å². The maximum absolute atomic E-state index is 12.5. The molecule has 0 spiro atoms. The van der Waals surface area contributed by atoms with E-state index in [1.54, 1.807) is 23.0 Å². The molecule has 1 aromatic rings. The van der Waals surface area contributed by atoms with E-state index in [4.69, 9.17) is 4.74 Å². The van der Waals surface area contributed by atoms with Gasteiger partial charge in [-0.2, -0.15) is 0 Å². The topological polar surface area (TPSA) is 70.2 Å². The average molecular weight is 371 g/mol. The molecule has 0 bridgehead atoms. The Morgan fingerprint density at radius 3 is 2.56 bits per heavy atom. The molecule has 2 fully saturated rings. The number of piperidine rings is 1. The van der Waals surface area contributed by atoms with Gasteiger partial charge in [0.1, 0.15) is 6.54 Å². The monoisotopic (exact) mass is 371 g/mol. The number of amides is 4. The molecule has 7 heteroatoms. The summed E-state index contributed by atoms with van der Waals surface area (Å²) in [4.78, 5) is 41.6. The van der Waals surface area contributed by atoms with Crippen LogP contribution in [0.4, 0.5) is 4.79 Å². The number of carbonyl (C=O) groups is 3. The Bertz CT molecular complexity index is 711. The van der Waals surface area contributed by atoms with Crippen molar-refractivity contribution in [2.24, 2.45) is 0 Å². The number of ether oxygens (including phenoxy) is 1. The van der Waals surface area contributed by atoms with Gasteiger partial charge >= 0.3 is 6.03 Å². The van der Waals surface area contributed by atoms with Crippen LogP contribution in [0, 0.1) is 0 Å². The number of hydrogen-bond acceptors (Lipinski definition) is 4. The highest BCUT2D eigenvalue weighted by Crippen LogP contribution is 2.22. The zero-order valence-corrected chi connectivity index (χ0v) is 15.5. The summed E-state index contributed by atoms with van der Waals surface area (Å²) < 4.78 is 4.96. The SMILES string of the molecule is COCCN1C(=O)CN(C2CCN(C(=O)C=Cc3ccccc3)CC2)C1=O. The number of benzene rings is 1. The van der Waals surface area contributed by atoms with E-state index in [1.165, 1.54) is 4.90 Å². The third kappa shape index (κ3) is 4.54. The average Bonchev–Trinajstić information content (AvgIpc) is 2.99.